The van der Waals surface area contributed by atoms with Crippen LogP contribution >= 0.6 is 11.8 Å². The van der Waals surface area contributed by atoms with E-state index >= 15 is 0 Å². The number of hydrogen-bond acceptors (Lipinski definition) is 5. The van der Waals surface area contributed by atoms with Gasteiger partial charge in [-0.15, -0.1) is 0 Å². The number of nitrogens with zero attached hydrogens (tertiary/aromatic N) is 2. The fourth-order valence-electron chi connectivity index (χ4n) is 1.92. The molecule has 2 aromatic rings. The molecule has 0 bridgehead atoms. The molecule has 0 radical (unpaired) electrons. The number of hydrogen-bond donors (Lipinski definition) is 2. The second-order valence-electron chi connectivity index (χ2n) is 4.86. The summed E-state index contributed by atoms with van der Waals surface area (Å²) in [6.07, 6.45) is 3.43. The van der Waals surface area contributed by atoms with Gasteiger partial charge in [0.25, 0.3) is 5.91 Å². The van der Waals surface area contributed by atoms with Crippen molar-refractivity contribution in [2.45, 2.75) is 13.5 Å². The molecule has 2 rings (SSSR count). The van der Waals surface area contributed by atoms with E-state index in [1.807, 2.05) is 37.3 Å². The maximum Gasteiger partial charge on any atom is 0.257 e. The van der Waals surface area contributed by atoms with Gasteiger partial charge in [-0.1, -0.05) is 54.7 Å². The topological polar surface area (TPSA) is 66.9 Å². The van der Waals surface area contributed by atoms with Crippen molar-refractivity contribution in [3.05, 3.63) is 71.4 Å². The van der Waals surface area contributed by atoms with Crippen LogP contribution in [0, 0.1) is 0 Å². The normalized spacial score (nSPS) is 11.0. The first kappa shape index (κ1) is 17.7. The Hall–Kier alpha value is -2.60. The van der Waals surface area contributed by atoms with E-state index in [2.05, 4.69) is 27.2 Å². The molecule has 0 saturated heterocycles. The zero-order valence-corrected chi connectivity index (χ0v) is 14.6. The third-order valence-corrected chi connectivity index (χ3v) is 4.28. The van der Waals surface area contributed by atoms with Crippen LogP contribution in [-0.2, 0) is 11.3 Å². The van der Waals surface area contributed by atoms with Crippen molar-refractivity contribution in [3.8, 4) is 0 Å². The number of benzene rings is 1. The second kappa shape index (κ2) is 8.88. The Morgan fingerprint density at radius 1 is 1.29 bits per heavy atom. The fraction of sp³-hybridized carbons (Fsp3) is 0.167. The smallest absolute Gasteiger partial charge is 0.257 e. The van der Waals surface area contributed by atoms with Crippen molar-refractivity contribution >= 4 is 28.5 Å². The highest BCUT2D eigenvalue weighted by molar-refractivity contribution is 8.12. The van der Waals surface area contributed by atoms with E-state index in [1.165, 1.54) is 11.8 Å². The summed E-state index contributed by atoms with van der Waals surface area (Å²) < 4.78 is 0. The van der Waals surface area contributed by atoms with Crippen LogP contribution in [0.1, 0.15) is 18.2 Å². The first-order chi connectivity index (χ1) is 11.6. The van der Waals surface area contributed by atoms with Crippen molar-refractivity contribution < 1.29 is 4.79 Å². The Bertz CT molecular complexity index is 744. The largest absolute Gasteiger partial charge is 0.357 e. The lowest BCUT2D eigenvalue weighted by molar-refractivity contribution is -0.116. The summed E-state index contributed by atoms with van der Waals surface area (Å²) in [6, 6.07) is 11.6. The number of allylic oxidation sites excluding steroid dienone is 1. The van der Waals surface area contributed by atoms with E-state index in [9.17, 15) is 4.79 Å². The molecule has 24 heavy (non-hydrogen) atoms. The highest BCUT2D eigenvalue weighted by Crippen LogP contribution is 2.31. The van der Waals surface area contributed by atoms with Crippen LogP contribution in [0.15, 0.2) is 60.2 Å². The van der Waals surface area contributed by atoms with Gasteiger partial charge in [0, 0.05) is 24.7 Å². The number of carbonyl (C=O) groups is 1. The van der Waals surface area contributed by atoms with Crippen LogP contribution in [0.25, 0.3) is 4.91 Å². The van der Waals surface area contributed by atoms with Gasteiger partial charge >= 0.3 is 0 Å². The van der Waals surface area contributed by atoms with E-state index in [0.29, 0.717) is 28.0 Å². The van der Waals surface area contributed by atoms with Crippen molar-refractivity contribution in [2.24, 2.45) is 0 Å². The molecule has 0 spiro atoms. The Balaban J connectivity index is 1.98. The van der Waals surface area contributed by atoms with Crippen LogP contribution < -0.4 is 10.6 Å². The van der Waals surface area contributed by atoms with Gasteiger partial charge in [-0.2, -0.15) is 0 Å². The summed E-state index contributed by atoms with van der Waals surface area (Å²) in [6.45, 7) is 6.33. The number of amides is 1. The first-order valence-corrected chi connectivity index (χ1v) is 8.32. The molecule has 0 fully saturated rings. The van der Waals surface area contributed by atoms with Gasteiger partial charge in [-0.25, -0.2) is 9.97 Å². The molecule has 0 unspecified atom stereocenters. The van der Waals surface area contributed by atoms with Crippen molar-refractivity contribution in [1.29, 1.82) is 0 Å². The van der Waals surface area contributed by atoms with E-state index in [4.69, 9.17) is 0 Å². The molecule has 1 amide bonds. The van der Waals surface area contributed by atoms with Crippen LogP contribution in [0.4, 0.5) is 5.95 Å². The molecule has 0 aliphatic heterocycles. The number of anilines is 1. The molecule has 1 aromatic carbocycles. The summed E-state index contributed by atoms with van der Waals surface area (Å²) in [5.74, 6) is 0.389. The van der Waals surface area contributed by atoms with Crippen molar-refractivity contribution in [2.75, 3.05) is 12.4 Å². The molecule has 0 aliphatic rings. The van der Waals surface area contributed by atoms with E-state index < -0.39 is 0 Å². The summed E-state index contributed by atoms with van der Waals surface area (Å²) >= 11 is 1.30. The third kappa shape index (κ3) is 4.96. The molecular weight excluding hydrogens is 320 g/mol. The fourth-order valence-corrected chi connectivity index (χ4v) is 2.69. The van der Waals surface area contributed by atoms with E-state index in [1.54, 1.807) is 25.4 Å². The average molecular weight is 340 g/mol. The van der Waals surface area contributed by atoms with Crippen LogP contribution in [-0.4, -0.2) is 22.9 Å². The van der Waals surface area contributed by atoms with Gasteiger partial charge in [0.1, 0.15) is 0 Å². The number of nitrogens with one attached hydrogen (secondary N) is 2. The quantitative estimate of drug-likeness (QED) is 0.756. The van der Waals surface area contributed by atoms with Crippen molar-refractivity contribution in [1.82, 2.24) is 15.3 Å². The average Bonchev–Trinajstić information content (AvgIpc) is 2.64. The van der Waals surface area contributed by atoms with Gasteiger partial charge < -0.3 is 10.6 Å². The van der Waals surface area contributed by atoms with Gasteiger partial charge in [0.15, 0.2) is 0 Å². The summed E-state index contributed by atoms with van der Waals surface area (Å²) in [7, 11) is 1.75. The summed E-state index contributed by atoms with van der Waals surface area (Å²) in [4.78, 5) is 22.0. The third-order valence-electron chi connectivity index (χ3n) is 3.18. The second-order valence-corrected chi connectivity index (χ2v) is 6.00. The summed E-state index contributed by atoms with van der Waals surface area (Å²) in [5.41, 5.74) is 1.74. The zero-order chi connectivity index (χ0) is 17.4. The number of rotatable bonds is 7. The minimum Gasteiger partial charge on any atom is -0.357 e. The lowest BCUT2D eigenvalue weighted by atomic mass is 10.2. The molecule has 1 aromatic heterocycles. The first-order valence-electron chi connectivity index (χ1n) is 7.50. The van der Waals surface area contributed by atoms with Gasteiger partial charge in [-0.05, 0) is 18.6 Å². The maximum absolute atomic E-state index is 12.4. The number of aromatic nitrogens is 2. The Morgan fingerprint density at radius 2 is 2.04 bits per heavy atom. The molecule has 5 nitrogen and oxygen atoms in total. The minimum absolute atomic E-state index is 0.129. The lowest BCUT2D eigenvalue weighted by Crippen LogP contribution is -2.23. The Kier molecular flexibility index (Phi) is 6.57. The predicted octanol–water partition coefficient (Wildman–Crippen LogP) is 3.44. The van der Waals surface area contributed by atoms with Crippen LogP contribution in [0.2, 0.25) is 0 Å². The number of thioether (sulfide) groups is 1. The van der Waals surface area contributed by atoms with Crippen LogP contribution in [0.5, 0.6) is 0 Å². The van der Waals surface area contributed by atoms with Crippen LogP contribution in [0.3, 0.4) is 0 Å². The maximum atomic E-state index is 12.4. The molecule has 6 heteroatoms. The highest BCUT2D eigenvalue weighted by Gasteiger charge is 2.13. The molecule has 0 atom stereocenters. The van der Waals surface area contributed by atoms with E-state index in [-0.39, 0.29) is 5.91 Å². The molecule has 0 saturated carbocycles. The zero-order valence-electron chi connectivity index (χ0n) is 13.7. The standard InChI is InChI=1S/C18H20N4OS/c1-4-16(17(23)21-12-14-8-6-5-7-9-14)24-13(2)15-10-11-20-18(19-3)22-15/h4-11H,2,12H2,1,3H3,(H,21,23)(H,19,20,22)/b16-4-. The number of carbonyl (C=O) groups excluding carboxylic acids is 1. The van der Waals surface area contributed by atoms with E-state index in [0.717, 1.165) is 5.56 Å². The van der Waals surface area contributed by atoms with Gasteiger partial charge in [0.2, 0.25) is 5.95 Å². The lowest BCUT2D eigenvalue weighted by Gasteiger charge is -2.10. The van der Waals surface area contributed by atoms with Gasteiger partial charge in [-0.3, -0.25) is 4.79 Å². The molecular formula is C18H20N4OS. The van der Waals surface area contributed by atoms with Gasteiger partial charge in [0.05, 0.1) is 10.6 Å². The SMILES string of the molecule is C=C(S/C(=C\C)C(=O)NCc1ccccc1)c1ccnc(NC)n1. The molecule has 2 N–H and O–H groups in total. The molecule has 1 heterocycles. The Labute approximate surface area is 146 Å². The Morgan fingerprint density at radius 3 is 2.71 bits per heavy atom. The monoisotopic (exact) mass is 340 g/mol. The summed E-state index contributed by atoms with van der Waals surface area (Å²) in [5, 5.41) is 5.80. The highest BCUT2D eigenvalue weighted by atomic mass is 32.2. The van der Waals surface area contributed by atoms with Crippen molar-refractivity contribution in [3.63, 3.8) is 0 Å². The minimum atomic E-state index is -0.129. The predicted molar refractivity (Wildman–Crippen MR) is 100 cm³/mol. The molecule has 0 aliphatic carbocycles. The molecule has 124 valence electrons.